The van der Waals surface area contributed by atoms with E-state index in [4.69, 9.17) is 4.74 Å². The molecule has 2 nitrogen and oxygen atoms in total. The topological polar surface area (TPSA) is 12.5 Å². The van der Waals surface area contributed by atoms with E-state index < -0.39 is 0 Å². The third-order valence-electron chi connectivity index (χ3n) is 4.03. The smallest absolute Gasteiger partial charge is 0.161 e. The number of benzene rings is 3. The predicted octanol–water partition coefficient (Wildman–Crippen LogP) is 4.71. The first-order valence-electron chi connectivity index (χ1n) is 7.51. The van der Waals surface area contributed by atoms with Gasteiger partial charge in [-0.3, -0.25) is 0 Å². The van der Waals surface area contributed by atoms with E-state index in [1.165, 1.54) is 22.4 Å². The Bertz CT molecular complexity index is 782. The molecule has 22 heavy (non-hydrogen) atoms. The molecule has 0 amide bonds. The molecule has 0 saturated carbocycles. The molecule has 2 heteroatoms. The number of anilines is 1. The molecule has 0 aliphatic carbocycles. The number of fused-ring (bicyclic) bond motifs is 1. The first-order valence-corrected chi connectivity index (χ1v) is 7.51. The van der Waals surface area contributed by atoms with Crippen molar-refractivity contribution in [2.24, 2.45) is 0 Å². The van der Waals surface area contributed by atoms with Gasteiger partial charge < -0.3 is 9.64 Å². The zero-order chi connectivity index (χ0) is 14.8. The minimum atomic E-state index is 0.593. The summed E-state index contributed by atoms with van der Waals surface area (Å²) in [5, 5.41) is 0. The maximum Gasteiger partial charge on any atom is 0.161 e. The summed E-state index contributed by atoms with van der Waals surface area (Å²) in [7, 11) is 0. The van der Waals surface area contributed by atoms with Gasteiger partial charge in [0.05, 0.1) is 0 Å². The normalized spacial score (nSPS) is 13.4. The van der Waals surface area contributed by atoms with Crippen LogP contribution in [0.5, 0.6) is 5.75 Å². The number of hydrogen-bond donors (Lipinski definition) is 0. The first-order chi connectivity index (χ1) is 10.9. The molecule has 0 unspecified atom stereocenters. The van der Waals surface area contributed by atoms with Crippen molar-refractivity contribution in [3.63, 3.8) is 0 Å². The van der Waals surface area contributed by atoms with Crippen molar-refractivity contribution in [1.82, 2.24) is 0 Å². The van der Waals surface area contributed by atoms with Crippen LogP contribution < -0.4 is 9.64 Å². The largest absolute Gasteiger partial charge is 0.473 e. The molecular weight excluding hydrogens is 270 g/mol. The van der Waals surface area contributed by atoms with E-state index in [0.717, 1.165) is 12.3 Å². The van der Waals surface area contributed by atoms with Crippen molar-refractivity contribution in [3.05, 3.63) is 84.4 Å². The Morgan fingerprint density at radius 3 is 2.41 bits per heavy atom. The van der Waals surface area contributed by atoms with Gasteiger partial charge in [0, 0.05) is 17.8 Å². The number of ether oxygens (including phenoxy) is 1. The Hall–Kier alpha value is -2.74. The molecule has 108 valence electrons. The van der Waals surface area contributed by atoms with Gasteiger partial charge in [-0.05, 0) is 29.3 Å². The lowest BCUT2D eigenvalue weighted by atomic mass is 10.0. The summed E-state index contributed by atoms with van der Waals surface area (Å²) >= 11 is 0. The zero-order valence-corrected chi connectivity index (χ0v) is 12.3. The molecule has 0 bridgehead atoms. The molecule has 0 saturated heterocycles. The summed E-state index contributed by atoms with van der Waals surface area (Å²) < 4.78 is 5.86. The van der Waals surface area contributed by atoms with Crippen molar-refractivity contribution in [2.75, 3.05) is 11.6 Å². The van der Waals surface area contributed by atoms with Gasteiger partial charge in [-0.1, -0.05) is 60.7 Å². The summed E-state index contributed by atoms with van der Waals surface area (Å²) in [4.78, 5) is 2.26. The fraction of sp³-hybridized carbons (Fsp3) is 0.100. The Morgan fingerprint density at radius 1 is 0.727 bits per heavy atom. The van der Waals surface area contributed by atoms with Crippen molar-refractivity contribution in [3.8, 4) is 16.9 Å². The van der Waals surface area contributed by atoms with Crippen LogP contribution in [0.4, 0.5) is 5.69 Å². The third-order valence-corrected chi connectivity index (χ3v) is 4.03. The second-order valence-electron chi connectivity index (χ2n) is 5.50. The van der Waals surface area contributed by atoms with Gasteiger partial charge in [-0.25, -0.2) is 0 Å². The van der Waals surface area contributed by atoms with Crippen molar-refractivity contribution in [2.45, 2.75) is 6.54 Å². The molecule has 0 radical (unpaired) electrons. The quantitative estimate of drug-likeness (QED) is 0.677. The highest BCUT2D eigenvalue weighted by molar-refractivity contribution is 5.68. The molecule has 0 atom stereocenters. The summed E-state index contributed by atoms with van der Waals surface area (Å²) in [5.41, 5.74) is 4.90. The molecule has 1 aliphatic rings. The van der Waals surface area contributed by atoms with Crippen LogP contribution >= 0.6 is 0 Å². The Morgan fingerprint density at radius 2 is 1.50 bits per heavy atom. The van der Waals surface area contributed by atoms with Gasteiger partial charge >= 0.3 is 0 Å². The van der Waals surface area contributed by atoms with Gasteiger partial charge in [0.1, 0.15) is 5.75 Å². The predicted molar refractivity (Wildman–Crippen MR) is 90.0 cm³/mol. The molecular formula is C20H17NO. The molecule has 0 spiro atoms. The van der Waals surface area contributed by atoms with Gasteiger partial charge in [-0.2, -0.15) is 0 Å². The SMILES string of the molecule is c1ccc(-c2cccc(N3COc4ccccc4C3)c2)cc1. The van der Waals surface area contributed by atoms with Crippen LogP contribution in [0, 0.1) is 0 Å². The second kappa shape index (κ2) is 5.57. The average molecular weight is 287 g/mol. The monoisotopic (exact) mass is 287 g/mol. The van der Waals surface area contributed by atoms with E-state index in [0.29, 0.717) is 6.73 Å². The molecule has 4 rings (SSSR count). The summed E-state index contributed by atoms with van der Waals surface area (Å²) in [6, 6.07) is 27.3. The van der Waals surface area contributed by atoms with Crippen molar-refractivity contribution in [1.29, 1.82) is 0 Å². The molecule has 1 aliphatic heterocycles. The standard InChI is InChI=1S/C20H17NO/c1-2-7-16(8-3-1)17-10-6-11-19(13-17)21-14-18-9-4-5-12-20(18)22-15-21/h1-13H,14-15H2. The summed E-state index contributed by atoms with van der Waals surface area (Å²) in [6.45, 7) is 1.48. The molecule has 3 aromatic carbocycles. The van der Waals surface area contributed by atoms with Gasteiger partial charge in [-0.15, -0.1) is 0 Å². The van der Waals surface area contributed by atoms with Crippen molar-refractivity contribution < 1.29 is 4.74 Å². The lowest BCUT2D eigenvalue weighted by Gasteiger charge is -2.31. The van der Waals surface area contributed by atoms with Gasteiger partial charge in [0.15, 0.2) is 6.73 Å². The average Bonchev–Trinajstić information content (AvgIpc) is 2.62. The van der Waals surface area contributed by atoms with Crippen molar-refractivity contribution >= 4 is 5.69 Å². The summed E-state index contributed by atoms with van der Waals surface area (Å²) in [6.07, 6.45) is 0. The van der Waals surface area contributed by atoms with Crippen LogP contribution in [0.3, 0.4) is 0 Å². The number of nitrogens with zero attached hydrogens (tertiary/aromatic N) is 1. The molecule has 3 aromatic rings. The van der Waals surface area contributed by atoms with Crippen LogP contribution in [0.1, 0.15) is 5.56 Å². The highest BCUT2D eigenvalue weighted by atomic mass is 16.5. The van der Waals surface area contributed by atoms with Crippen LogP contribution in [0.2, 0.25) is 0 Å². The maximum atomic E-state index is 5.86. The Balaban J connectivity index is 1.64. The lowest BCUT2D eigenvalue weighted by molar-refractivity contribution is 0.289. The van der Waals surface area contributed by atoms with Gasteiger partial charge in [0.2, 0.25) is 0 Å². The third kappa shape index (κ3) is 2.44. The van der Waals surface area contributed by atoms with E-state index in [1.54, 1.807) is 0 Å². The molecule has 0 aromatic heterocycles. The summed E-state index contributed by atoms with van der Waals surface area (Å²) in [5.74, 6) is 0.998. The van der Waals surface area contributed by atoms with Crippen LogP contribution in [-0.4, -0.2) is 6.73 Å². The molecule has 1 heterocycles. The number of hydrogen-bond acceptors (Lipinski definition) is 2. The lowest BCUT2D eigenvalue weighted by Crippen LogP contribution is -2.31. The van der Waals surface area contributed by atoms with E-state index >= 15 is 0 Å². The second-order valence-corrected chi connectivity index (χ2v) is 5.50. The Labute approximate surface area is 130 Å². The van der Waals surface area contributed by atoms with E-state index in [2.05, 4.69) is 65.6 Å². The van der Waals surface area contributed by atoms with Crippen LogP contribution in [0.25, 0.3) is 11.1 Å². The van der Waals surface area contributed by atoms with E-state index in [9.17, 15) is 0 Å². The Kier molecular flexibility index (Phi) is 3.28. The maximum absolute atomic E-state index is 5.86. The first kappa shape index (κ1) is 13.0. The zero-order valence-electron chi connectivity index (χ0n) is 12.3. The van der Waals surface area contributed by atoms with Crippen LogP contribution in [0.15, 0.2) is 78.9 Å². The number of rotatable bonds is 2. The highest BCUT2D eigenvalue weighted by Gasteiger charge is 2.17. The van der Waals surface area contributed by atoms with Crippen LogP contribution in [-0.2, 0) is 6.54 Å². The fourth-order valence-electron chi connectivity index (χ4n) is 2.85. The minimum Gasteiger partial charge on any atom is -0.473 e. The molecule has 0 N–H and O–H groups in total. The van der Waals surface area contributed by atoms with E-state index in [-0.39, 0.29) is 0 Å². The molecule has 0 fully saturated rings. The fourth-order valence-corrected chi connectivity index (χ4v) is 2.85. The highest BCUT2D eigenvalue weighted by Crippen LogP contribution is 2.30. The minimum absolute atomic E-state index is 0.593. The number of para-hydroxylation sites is 1. The van der Waals surface area contributed by atoms with Gasteiger partial charge in [0.25, 0.3) is 0 Å². The van der Waals surface area contributed by atoms with E-state index in [1.807, 2.05) is 18.2 Å².